The lowest BCUT2D eigenvalue weighted by atomic mass is 10.1. The minimum absolute atomic E-state index is 0.0108. The Hall–Kier alpha value is -4.31. The van der Waals surface area contributed by atoms with Crippen LogP contribution in [0.2, 0.25) is 0 Å². The van der Waals surface area contributed by atoms with Crippen molar-refractivity contribution in [2.45, 2.75) is 43.2 Å². The number of nitrogens with two attached hydrogens (primary N) is 1. The summed E-state index contributed by atoms with van der Waals surface area (Å²) in [5.41, 5.74) is 8.37. The van der Waals surface area contributed by atoms with E-state index >= 15 is 0 Å². The second-order valence-electron chi connectivity index (χ2n) is 9.52. The molecule has 9 nitrogen and oxygen atoms in total. The number of fused-ring (bicyclic) bond motifs is 1. The van der Waals surface area contributed by atoms with Gasteiger partial charge < -0.3 is 19.8 Å². The molecule has 1 amide bonds. The van der Waals surface area contributed by atoms with Crippen molar-refractivity contribution in [3.63, 3.8) is 0 Å². The number of aromatic nitrogens is 1. The Balaban J connectivity index is 1.39. The molecule has 0 aliphatic heterocycles. The van der Waals surface area contributed by atoms with Crippen LogP contribution in [0.3, 0.4) is 0 Å². The molecule has 1 aliphatic carbocycles. The molecule has 202 valence electrons. The lowest BCUT2D eigenvalue weighted by Gasteiger charge is -2.14. The lowest BCUT2D eigenvalue weighted by Crippen LogP contribution is -2.30. The number of methoxy groups -OCH3 is 1. The molecule has 1 aromatic heterocycles. The van der Waals surface area contributed by atoms with Gasteiger partial charge in [-0.1, -0.05) is 30.3 Å². The van der Waals surface area contributed by atoms with Gasteiger partial charge in [-0.25, -0.2) is 17.9 Å². The van der Waals surface area contributed by atoms with E-state index in [0.717, 1.165) is 36.6 Å². The first-order valence-corrected chi connectivity index (χ1v) is 14.1. The second-order valence-corrected chi connectivity index (χ2v) is 11.2. The number of nitrogen functional groups attached to an aromatic ring is 1. The molecule has 0 radical (unpaired) electrons. The number of anilines is 1. The van der Waals surface area contributed by atoms with Gasteiger partial charge in [-0.05, 0) is 68.1 Å². The highest BCUT2D eigenvalue weighted by Crippen LogP contribution is 2.29. The number of nitrogens with zero attached hydrogens (tertiary/aromatic N) is 1. The Morgan fingerprint density at radius 3 is 2.41 bits per heavy atom. The average Bonchev–Trinajstić information content (AvgIpc) is 3.56. The van der Waals surface area contributed by atoms with Crippen LogP contribution >= 0.6 is 0 Å². The van der Waals surface area contributed by atoms with Gasteiger partial charge in [-0.3, -0.25) is 4.79 Å². The van der Waals surface area contributed by atoms with E-state index < -0.39 is 15.9 Å². The predicted octanol–water partition coefficient (Wildman–Crippen LogP) is 4.50. The Morgan fingerprint density at radius 2 is 1.69 bits per heavy atom. The molecule has 0 atom stereocenters. The van der Waals surface area contributed by atoms with Crippen LogP contribution in [0.4, 0.5) is 5.82 Å². The Labute approximate surface area is 226 Å². The number of hydrogen-bond donors (Lipinski definition) is 2. The fourth-order valence-corrected chi connectivity index (χ4v) is 5.83. The molecule has 5 rings (SSSR count). The van der Waals surface area contributed by atoms with E-state index in [9.17, 15) is 18.0 Å². The molecule has 10 heteroatoms. The molecule has 4 aromatic rings. The highest BCUT2D eigenvalue weighted by Gasteiger charge is 2.22. The first-order chi connectivity index (χ1) is 18.7. The molecule has 3 N–H and O–H groups in total. The van der Waals surface area contributed by atoms with Gasteiger partial charge in [0.05, 0.1) is 29.6 Å². The molecule has 0 saturated heterocycles. The van der Waals surface area contributed by atoms with Gasteiger partial charge in [-0.15, -0.1) is 0 Å². The van der Waals surface area contributed by atoms with E-state index in [-0.39, 0.29) is 22.5 Å². The molecular weight excluding hydrogens is 518 g/mol. The molecule has 1 heterocycles. The number of benzene rings is 3. The number of amides is 1. The number of carbonyl (C=O) groups is 2. The number of esters is 1. The third-order valence-corrected chi connectivity index (χ3v) is 8.25. The number of rotatable bonds is 8. The van der Waals surface area contributed by atoms with Gasteiger partial charge in [0.1, 0.15) is 17.7 Å². The fraction of sp³-hybridized carbons (Fsp3) is 0.241. The third kappa shape index (κ3) is 5.61. The average molecular weight is 548 g/mol. The van der Waals surface area contributed by atoms with Crippen LogP contribution in [0, 0.1) is 0 Å². The molecule has 39 heavy (non-hydrogen) atoms. The second kappa shape index (κ2) is 10.8. The van der Waals surface area contributed by atoms with E-state index in [0.29, 0.717) is 29.2 Å². The standard InChI is InChI=1S/C29H29N3O6S/c1-37-26-16-20(28(33)31-39(35,36)24-9-3-2-4-10-24)12-14-22(26)18-32-25-15-21(13-11-19(25)17-27(32)30)29(34)38-23-7-5-6-8-23/h2-4,9-17,23H,5-8,18,30H2,1H3,(H,31,33). The van der Waals surface area contributed by atoms with Gasteiger partial charge in [0, 0.05) is 16.5 Å². The van der Waals surface area contributed by atoms with E-state index in [1.165, 1.54) is 31.4 Å². The predicted molar refractivity (Wildman–Crippen MR) is 147 cm³/mol. The zero-order valence-electron chi connectivity index (χ0n) is 21.4. The van der Waals surface area contributed by atoms with Crippen LogP contribution in [0.1, 0.15) is 52.0 Å². The maximum atomic E-state index is 12.8. The number of hydrogen-bond acceptors (Lipinski definition) is 7. The first kappa shape index (κ1) is 26.3. The topological polar surface area (TPSA) is 130 Å². The molecular formula is C29H29N3O6S. The number of nitrogens with one attached hydrogen (secondary N) is 1. The number of sulfonamides is 1. The van der Waals surface area contributed by atoms with Crippen molar-refractivity contribution in [1.82, 2.24) is 9.29 Å². The summed E-state index contributed by atoms with van der Waals surface area (Å²) in [7, 11) is -2.56. The highest BCUT2D eigenvalue weighted by molar-refractivity contribution is 7.90. The van der Waals surface area contributed by atoms with Gasteiger partial charge in [0.2, 0.25) is 0 Å². The van der Waals surface area contributed by atoms with Gasteiger partial charge >= 0.3 is 5.97 Å². The molecule has 0 spiro atoms. The van der Waals surface area contributed by atoms with Crippen molar-refractivity contribution < 1.29 is 27.5 Å². The van der Waals surface area contributed by atoms with Crippen LogP contribution in [0.15, 0.2) is 77.7 Å². The van der Waals surface area contributed by atoms with Crippen molar-refractivity contribution in [1.29, 1.82) is 0 Å². The maximum absolute atomic E-state index is 12.8. The van der Waals surface area contributed by atoms with Gasteiger partial charge in [0.25, 0.3) is 15.9 Å². The monoisotopic (exact) mass is 547 g/mol. The number of ether oxygens (including phenoxy) is 2. The molecule has 0 bridgehead atoms. The van der Waals surface area contributed by atoms with Crippen molar-refractivity contribution >= 4 is 38.6 Å². The van der Waals surface area contributed by atoms with Crippen LogP contribution in [-0.2, 0) is 21.3 Å². The Morgan fingerprint density at radius 1 is 0.974 bits per heavy atom. The van der Waals surface area contributed by atoms with E-state index in [4.69, 9.17) is 15.2 Å². The fourth-order valence-electron chi connectivity index (χ4n) is 4.83. The summed E-state index contributed by atoms with van der Waals surface area (Å²) in [5, 5.41) is 0.867. The summed E-state index contributed by atoms with van der Waals surface area (Å²) in [6.07, 6.45) is 3.89. The lowest BCUT2D eigenvalue weighted by molar-refractivity contribution is 0.0318. The van der Waals surface area contributed by atoms with Gasteiger partial charge in [0.15, 0.2) is 0 Å². The van der Waals surface area contributed by atoms with Gasteiger partial charge in [-0.2, -0.15) is 0 Å². The Bertz CT molecular complexity index is 1640. The highest BCUT2D eigenvalue weighted by atomic mass is 32.2. The summed E-state index contributed by atoms with van der Waals surface area (Å²) >= 11 is 0. The molecule has 1 fully saturated rings. The first-order valence-electron chi connectivity index (χ1n) is 12.6. The molecule has 1 saturated carbocycles. The van der Waals surface area contributed by atoms with E-state index in [1.54, 1.807) is 36.4 Å². The van der Waals surface area contributed by atoms with Crippen LogP contribution in [0.25, 0.3) is 10.9 Å². The normalized spacial score (nSPS) is 13.9. The minimum atomic E-state index is -4.03. The SMILES string of the molecule is COc1cc(C(=O)NS(=O)(=O)c2ccccc2)ccc1Cn1c(N)cc2ccc(C(=O)OC3CCCC3)cc21. The summed E-state index contributed by atoms with van der Waals surface area (Å²) in [6, 6.07) is 19.5. The summed E-state index contributed by atoms with van der Waals surface area (Å²) in [5.74, 6) is -0.254. The zero-order valence-corrected chi connectivity index (χ0v) is 22.2. The quantitative estimate of drug-likeness (QED) is 0.311. The molecule has 1 aliphatic rings. The number of carbonyl (C=O) groups excluding carboxylic acids is 2. The van der Waals surface area contributed by atoms with Crippen molar-refractivity contribution in [3.05, 3.63) is 89.5 Å². The summed E-state index contributed by atoms with van der Waals surface area (Å²) in [4.78, 5) is 25.5. The molecule has 3 aromatic carbocycles. The van der Waals surface area contributed by atoms with Crippen molar-refractivity contribution in [3.8, 4) is 5.75 Å². The smallest absolute Gasteiger partial charge is 0.338 e. The maximum Gasteiger partial charge on any atom is 0.338 e. The van der Waals surface area contributed by atoms with Crippen LogP contribution < -0.4 is 15.2 Å². The van der Waals surface area contributed by atoms with E-state index in [1.807, 2.05) is 16.7 Å². The summed E-state index contributed by atoms with van der Waals surface area (Å²) < 4.78 is 40.3. The Kier molecular flexibility index (Phi) is 7.30. The van der Waals surface area contributed by atoms with Crippen molar-refractivity contribution in [2.75, 3.05) is 12.8 Å². The van der Waals surface area contributed by atoms with E-state index in [2.05, 4.69) is 4.72 Å². The van der Waals surface area contributed by atoms with Crippen LogP contribution in [0.5, 0.6) is 5.75 Å². The molecule has 0 unspecified atom stereocenters. The minimum Gasteiger partial charge on any atom is -0.496 e. The third-order valence-electron chi connectivity index (χ3n) is 6.91. The largest absolute Gasteiger partial charge is 0.496 e. The zero-order chi connectivity index (χ0) is 27.6. The van der Waals surface area contributed by atoms with Crippen LogP contribution in [-0.4, -0.2) is 38.1 Å². The van der Waals surface area contributed by atoms with Crippen molar-refractivity contribution in [2.24, 2.45) is 0 Å². The summed E-state index contributed by atoms with van der Waals surface area (Å²) in [6.45, 7) is 0.295.